The van der Waals surface area contributed by atoms with Gasteiger partial charge in [0.1, 0.15) is 0 Å². The molecule has 18 heavy (non-hydrogen) atoms. The van der Waals surface area contributed by atoms with Gasteiger partial charge in [-0.25, -0.2) is 0 Å². The molecule has 2 N–H and O–H groups in total. The Hall–Kier alpha value is -0.610. The van der Waals surface area contributed by atoms with Crippen molar-refractivity contribution in [2.45, 2.75) is 38.5 Å². The van der Waals surface area contributed by atoms with E-state index in [4.69, 9.17) is 5.73 Å². The molecular formula is C14H27N3O. The van der Waals surface area contributed by atoms with E-state index < -0.39 is 0 Å². The number of nitrogens with two attached hydrogens (primary N) is 1. The van der Waals surface area contributed by atoms with Crippen LogP contribution >= 0.6 is 0 Å². The minimum Gasteiger partial charge on any atom is -0.341 e. The van der Waals surface area contributed by atoms with Crippen LogP contribution < -0.4 is 5.73 Å². The first-order valence-electron chi connectivity index (χ1n) is 7.52. The van der Waals surface area contributed by atoms with Crippen LogP contribution in [0.2, 0.25) is 0 Å². The van der Waals surface area contributed by atoms with Gasteiger partial charge < -0.3 is 15.5 Å². The molecule has 0 aromatic heterocycles. The Kier molecular flexibility index (Phi) is 5.45. The molecule has 0 unspecified atom stereocenters. The Morgan fingerprint density at radius 3 is 2.50 bits per heavy atom. The van der Waals surface area contributed by atoms with Gasteiger partial charge in [-0.05, 0) is 25.8 Å². The summed E-state index contributed by atoms with van der Waals surface area (Å²) in [5.41, 5.74) is 5.60. The molecule has 1 saturated carbocycles. The quantitative estimate of drug-likeness (QED) is 0.818. The second-order valence-corrected chi connectivity index (χ2v) is 5.64. The highest BCUT2D eigenvalue weighted by atomic mass is 16.2. The fourth-order valence-electron chi connectivity index (χ4n) is 3.21. The van der Waals surface area contributed by atoms with E-state index in [2.05, 4.69) is 9.80 Å². The first-order valence-corrected chi connectivity index (χ1v) is 7.52. The zero-order valence-electron chi connectivity index (χ0n) is 11.4. The Bertz CT molecular complexity index is 264. The summed E-state index contributed by atoms with van der Waals surface area (Å²) in [4.78, 5) is 16.9. The highest BCUT2D eigenvalue weighted by Crippen LogP contribution is 2.25. The second-order valence-electron chi connectivity index (χ2n) is 5.64. The van der Waals surface area contributed by atoms with Crippen molar-refractivity contribution in [1.29, 1.82) is 0 Å². The number of hydrogen-bond acceptors (Lipinski definition) is 3. The molecule has 0 aromatic rings. The van der Waals surface area contributed by atoms with E-state index in [1.807, 2.05) is 0 Å². The third kappa shape index (κ3) is 3.69. The molecule has 2 rings (SSSR count). The van der Waals surface area contributed by atoms with Crippen LogP contribution in [0.4, 0.5) is 0 Å². The molecule has 0 aromatic carbocycles. The van der Waals surface area contributed by atoms with Crippen LogP contribution in [0, 0.1) is 5.92 Å². The van der Waals surface area contributed by atoms with Crippen molar-refractivity contribution in [3.05, 3.63) is 0 Å². The van der Waals surface area contributed by atoms with Crippen LogP contribution in [0.25, 0.3) is 0 Å². The fraction of sp³-hybridized carbons (Fsp3) is 0.929. The summed E-state index contributed by atoms with van der Waals surface area (Å²) >= 11 is 0. The lowest BCUT2D eigenvalue weighted by molar-refractivity contribution is -0.136. The van der Waals surface area contributed by atoms with E-state index in [0.29, 0.717) is 11.8 Å². The summed E-state index contributed by atoms with van der Waals surface area (Å²) < 4.78 is 0. The predicted octanol–water partition coefficient (Wildman–Crippen LogP) is 1.06. The highest BCUT2D eigenvalue weighted by molar-refractivity contribution is 5.79. The minimum absolute atomic E-state index is 0.319. The Labute approximate surface area is 110 Å². The lowest BCUT2D eigenvalue weighted by Gasteiger charge is -2.28. The van der Waals surface area contributed by atoms with Gasteiger partial charge in [-0.2, -0.15) is 0 Å². The van der Waals surface area contributed by atoms with Crippen LogP contribution in [-0.2, 0) is 4.79 Å². The summed E-state index contributed by atoms with van der Waals surface area (Å²) in [6.07, 6.45) is 7.11. The van der Waals surface area contributed by atoms with Gasteiger partial charge in [-0.1, -0.05) is 19.3 Å². The van der Waals surface area contributed by atoms with E-state index in [0.717, 1.165) is 58.5 Å². The molecule has 0 atom stereocenters. The molecule has 2 fully saturated rings. The summed E-state index contributed by atoms with van der Waals surface area (Å²) in [6, 6.07) is 0. The van der Waals surface area contributed by atoms with E-state index in [9.17, 15) is 4.79 Å². The van der Waals surface area contributed by atoms with Crippen molar-refractivity contribution in [1.82, 2.24) is 9.80 Å². The molecule has 1 heterocycles. The average molecular weight is 253 g/mol. The van der Waals surface area contributed by atoms with E-state index >= 15 is 0 Å². The van der Waals surface area contributed by atoms with Crippen LogP contribution in [0.1, 0.15) is 38.5 Å². The zero-order chi connectivity index (χ0) is 12.8. The molecule has 4 heteroatoms. The molecular weight excluding hydrogens is 226 g/mol. The third-order valence-corrected chi connectivity index (χ3v) is 4.30. The van der Waals surface area contributed by atoms with Crippen LogP contribution in [0.5, 0.6) is 0 Å². The standard InChI is InChI=1S/C14H27N3O/c15-7-10-16-8-4-9-17(12-11-16)14(18)13-5-2-1-3-6-13/h13H,1-12,15H2. The number of rotatable bonds is 3. The molecule has 2 aliphatic rings. The number of nitrogens with zero attached hydrogens (tertiary/aromatic N) is 2. The Morgan fingerprint density at radius 1 is 1.00 bits per heavy atom. The van der Waals surface area contributed by atoms with Gasteiger partial charge in [0.25, 0.3) is 0 Å². The molecule has 104 valence electrons. The van der Waals surface area contributed by atoms with Crippen molar-refractivity contribution in [2.24, 2.45) is 11.7 Å². The van der Waals surface area contributed by atoms with Crippen LogP contribution in [-0.4, -0.2) is 55.0 Å². The highest BCUT2D eigenvalue weighted by Gasteiger charge is 2.27. The van der Waals surface area contributed by atoms with Crippen LogP contribution in [0.3, 0.4) is 0 Å². The van der Waals surface area contributed by atoms with E-state index in [1.165, 1.54) is 19.3 Å². The summed E-state index contributed by atoms with van der Waals surface area (Å²) in [5, 5.41) is 0. The second kappa shape index (κ2) is 7.10. The maximum atomic E-state index is 12.5. The van der Waals surface area contributed by atoms with Gasteiger partial charge in [-0.15, -0.1) is 0 Å². The lowest BCUT2D eigenvalue weighted by atomic mass is 9.88. The van der Waals surface area contributed by atoms with Gasteiger partial charge in [0.05, 0.1) is 0 Å². The van der Waals surface area contributed by atoms with Crippen molar-refractivity contribution >= 4 is 5.91 Å². The average Bonchev–Trinajstić information content (AvgIpc) is 2.65. The predicted molar refractivity (Wildman–Crippen MR) is 73.3 cm³/mol. The smallest absolute Gasteiger partial charge is 0.225 e. The molecule has 0 bridgehead atoms. The van der Waals surface area contributed by atoms with Gasteiger partial charge in [0, 0.05) is 38.6 Å². The van der Waals surface area contributed by atoms with Gasteiger partial charge in [-0.3, -0.25) is 4.79 Å². The van der Waals surface area contributed by atoms with E-state index in [-0.39, 0.29) is 0 Å². The molecule has 0 spiro atoms. The SMILES string of the molecule is NCCN1CCCN(C(=O)C2CCCCC2)CC1. The third-order valence-electron chi connectivity index (χ3n) is 4.30. The number of carbonyl (C=O) groups excluding carboxylic acids is 1. The van der Waals surface area contributed by atoms with Crippen molar-refractivity contribution in [3.63, 3.8) is 0 Å². The molecule has 1 aliphatic carbocycles. The first kappa shape index (κ1) is 13.8. The van der Waals surface area contributed by atoms with Crippen molar-refractivity contribution in [2.75, 3.05) is 39.3 Å². The number of amides is 1. The minimum atomic E-state index is 0.319. The van der Waals surface area contributed by atoms with Gasteiger partial charge in [0.2, 0.25) is 5.91 Å². The summed E-state index contributed by atoms with van der Waals surface area (Å²) in [7, 11) is 0. The fourth-order valence-corrected chi connectivity index (χ4v) is 3.21. The number of hydrogen-bond donors (Lipinski definition) is 1. The number of carbonyl (C=O) groups is 1. The molecule has 4 nitrogen and oxygen atoms in total. The first-order chi connectivity index (χ1) is 8.81. The topological polar surface area (TPSA) is 49.6 Å². The largest absolute Gasteiger partial charge is 0.341 e. The van der Waals surface area contributed by atoms with Crippen molar-refractivity contribution in [3.8, 4) is 0 Å². The zero-order valence-corrected chi connectivity index (χ0v) is 11.4. The molecule has 1 amide bonds. The van der Waals surface area contributed by atoms with Crippen molar-refractivity contribution < 1.29 is 4.79 Å². The van der Waals surface area contributed by atoms with Crippen LogP contribution in [0.15, 0.2) is 0 Å². The van der Waals surface area contributed by atoms with Gasteiger partial charge >= 0.3 is 0 Å². The monoisotopic (exact) mass is 253 g/mol. The lowest BCUT2D eigenvalue weighted by Crippen LogP contribution is -2.40. The normalized spacial score (nSPS) is 23.9. The Balaban J connectivity index is 1.82. The summed E-state index contributed by atoms with van der Waals surface area (Å²) in [6.45, 7) is 5.61. The Morgan fingerprint density at radius 2 is 1.78 bits per heavy atom. The molecule has 1 aliphatic heterocycles. The van der Waals surface area contributed by atoms with Gasteiger partial charge in [0.15, 0.2) is 0 Å². The summed E-state index contributed by atoms with van der Waals surface area (Å²) in [5.74, 6) is 0.740. The molecule has 1 saturated heterocycles. The van der Waals surface area contributed by atoms with E-state index in [1.54, 1.807) is 0 Å². The molecule has 0 radical (unpaired) electrons. The maximum absolute atomic E-state index is 12.5. The maximum Gasteiger partial charge on any atom is 0.225 e.